The van der Waals surface area contributed by atoms with Gasteiger partial charge in [-0.2, -0.15) is 13.2 Å². The average molecular weight is 434 g/mol. The molecule has 0 radical (unpaired) electrons. The molecule has 1 heterocycles. The minimum atomic E-state index is -4.50. The van der Waals surface area contributed by atoms with E-state index in [1.54, 1.807) is 29.1 Å². The van der Waals surface area contributed by atoms with Crippen LogP contribution in [0.5, 0.6) is 0 Å². The summed E-state index contributed by atoms with van der Waals surface area (Å²) in [5.74, 6) is -0.739. The van der Waals surface area contributed by atoms with Gasteiger partial charge in [-0.25, -0.2) is 4.98 Å². The van der Waals surface area contributed by atoms with Gasteiger partial charge in [0, 0.05) is 36.4 Å². The van der Waals surface area contributed by atoms with Crippen LogP contribution in [0, 0.1) is 0 Å². The van der Waals surface area contributed by atoms with Crippen LogP contribution in [-0.4, -0.2) is 27.1 Å². The van der Waals surface area contributed by atoms with Crippen LogP contribution < -0.4 is 10.6 Å². The minimum Gasteiger partial charge on any atom is -0.329 e. The number of carbonyl (C=O) groups excluding carboxylic acids is 2. The lowest BCUT2D eigenvalue weighted by Crippen LogP contribution is -2.16. The van der Waals surface area contributed by atoms with Crippen molar-refractivity contribution in [1.82, 2.24) is 9.55 Å². The number of nitrogens with one attached hydrogen (secondary N) is 2. The molecule has 0 aliphatic rings. The molecule has 6 nitrogen and oxygen atoms in total. The first kappa shape index (κ1) is 21.4. The Morgan fingerprint density at radius 3 is 2.43 bits per heavy atom. The zero-order chi connectivity index (χ0) is 21.7. The van der Waals surface area contributed by atoms with Crippen molar-refractivity contribution in [3.05, 3.63) is 72.1 Å². The molecule has 0 aliphatic carbocycles. The van der Waals surface area contributed by atoms with E-state index in [0.29, 0.717) is 10.8 Å². The highest BCUT2D eigenvalue weighted by atomic mass is 32.2. The van der Waals surface area contributed by atoms with Gasteiger partial charge in [-0.15, -0.1) is 0 Å². The predicted molar refractivity (Wildman–Crippen MR) is 108 cm³/mol. The molecule has 3 rings (SSSR count). The maximum Gasteiger partial charge on any atom is 0.416 e. The van der Waals surface area contributed by atoms with Crippen LogP contribution in [0.3, 0.4) is 0 Å². The number of amides is 2. The second-order valence-electron chi connectivity index (χ2n) is 6.27. The Hall–Kier alpha value is -3.27. The maximum atomic E-state index is 12.8. The maximum absolute atomic E-state index is 12.8. The van der Waals surface area contributed by atoms with E-state index in [-0.39, 0.29) is 22.9 Å². The number of hydrogen-bond acceptors (Lipinski definition) is 4. The second kappa shape index (κ2) is 9.04. The summed E-state index contributed by atoms with van der Waals surface area (Å²) in [5, 5.41) is 5.81. The fourth-order valence-electron chi connectivity index (χ4n) is 2.53. The first-order valence-electron chi connectivity index (χ1n) is 8.71. The number of carbonyl (C=O) groups is 2. The number of rotatable bonds is 6. The first-order valence-corrected chi connectivity index (χ1v) is 9.69. The Morgan fingerprint density at radius 1 is 1.07 bits per heavy atom. The van der Waals surface area contributed by atoms with Crippen LogP contribution in [0.2, 0.25) is 0 Å². The Kier molecular flexibility index (Phi) is 6.46. The van der Waals surface area contributed by atoms with E-state index in [1.165, 1.54) is 36.0 Å². The van der Waals surface area contributed by atoms with E-state index in [9.17, 15) is 22.8 Å². The molecule has 0 atom stereocenters. The number of anilines is 2. The Balaban J connectivity index is 1.62. The molecule has 0 fully saturated rings. The number of nitrogens with zero attached hydrogens (tertiary/aromatic N) is 2. The molecule has 0 saturated heterocycles. The third-order valence-electron chi connectivity index (χ3n) is 3.97. The SMILES string of the molecule is Cn1ccnc1SCC(=O)Nc1cccc(C(=O)Nc2cccc(C(F)(F)F)c2)c1. The van der Waals surface area contributed by atoms with E-state index in [0.717, 1.165) is 12.1 Å². The number of halogens is 3. The van der Waals surface area contributed by atoms with Gasteiger partial charge < -0.3 is 15.2 Å². The summed E-state index contributed by atoms with van der Waals surface area (Å²) in [6.45, 7) is 0. The molecular weight excluding hydrogens is 417 g/mol. The summed E-state index contributed by atoms with van der Waals surface area (Å²) in [7, 11) is 1.82. The summed E-state index contributed by atoms with van der Waals surface area (Å²) in [6.07, 6.45) is -1.10. The quantitative estimate of drug-likeness (QED) is 0.563. The lowest BCUT2D eigenvalue weighted by Gasteiger charge is -2.11. The van der Waals surface area contributed by atoms with Gasteiger partial charge in [-0.3, -0.25) is 9.59 Å². The van der Waals surface area contributed by atoms with Crippen LogP contribution in [-0.2, 0) is 18.0 Å². The van der Waals surface area contributed by atoms with Crippen molar-refractivity contribution in [3.63, 3.8) is 0 Å². The van der Waals surface area contributed by atoms with E-state index >= 15 is 0 Å². The summed E-state index contributed by atoms with van der Waals surface area (Å²) in [5.41, 5.74) is -0.235. The smallest absolute Gasteiger partial charge is 0.329 e. The van der Waals surface area contributed by atoms with Crippen LogP contribution in [0.4, 0.5) is 24.5 Å². The minimum absolute atomic E-state index is 0.0238. The van der Waals surface area contributed by atoms with Crippen molar-refractivity contribution in [1.29, 1.82) is 0 Å². The third kappa shape index (κ3) is 5.63. The van der Waals surface area contributed by atoms with Crippen molar-refractivity contribution in [2.24, 2.45) is 7.05 Å². The molecule has 0 unspecified atom stereocenters. The van der Waals surface area contributed by atoms with Crippen LogP contribution >= 0.6 is 11.8 Å². The van der Waals surface area contributed by atoms with Gasteiger partial charge in [0.2, 0.25) is 5.91 Å². The molecule has 3 aromatic rings. The summed E-state index contributed by atoms with van der Waals surface area (Å²) >= 11 is 1.27. The molecule has 1 aromatic heterocycles. The molecule has 10 heteroatoms. The zero-order valence-electron chi connectivity index (χ0n) is 15.7. The standard InChI is InChI=1S/C20H17F3N4O2S/c1-27-9-8-24-19(27)30-12-17(28)25-15-6-2-4-13(10-15)18(29)26-16-7-3-5-14(11-16)20(21,22)23/h2-11H,12H2,1H3,(H,25,28)(H,26,29). The fourth-order valence-corrected chi connectivity index (χ4v) is 3.27. The van der Waals surface area contributed by atoms with Crippen molar-refractivity contribution < 1.29 is 22.8 Å². The molecule has 2 aromatic carbocycles. The number of benzene rings is 2. The van der Waals surface area contributed by atoms with E-state index < -0.39 is 17.6 Å². The first-order chi connectivity index (χ1) is 14.2. The largest absolute Gasteiger partial charge is 0.416 e. The molecule has 0 aliphatic heterocycles. The summed E-state index contributed by atoms with van der Waals surface area (Å²) in [6, 6.07) is 10.5. The van der Waals surface area contributed by atoms with Crippen molar-refractivity contribution in [2.75, 3.05) is 16.4 Å². The fraction of sp³-hybridized carbons (Fsp3) is 0.150. The van der Waals surface area contributed by atoms with Gasteiger partial charge in [0.05, 0.1) is 11.3 Å². The van der Waals surface area contributed by atoms with Gasteiger partial charge >= 0.3 is 6.18 Å². The van der Waals surface area contributed by atoms with Gasteiger partial charge in [0.1, 0.15) is 0 Å². The molecule has 0 spiro atoms. The lowest BCUT2D eigenvalue weighted by molar-refractivity contribution is -0.137. The average Bonchev–Trinajstić information content (AvgIpc) is 3.11. The van der Waals surface area contributed by atoms with E-state index in [4.69, 9.17) is 0 Å². The van der Waals surface area contributed by atoms with Gasteiger partial charge in [-0.05, 0) is 36.4 Å². The Morgan fingerprint density at radius 2 is 1.77 bits per heavy atom. The third-order valence-corrected chi connectivity index (χ3v) is 5.02. The molecule has 0 bridgehead atoms. The van der Waals surface area contributed by atoms with Crippen molar-refractivity contribution in [3.8, 4) is 0 Å². The van der Waals surface area contributed by atoms with Crippen LogP contribution in [0.25, 0.3) is 0 Å². The monoisotopic (exact) mass is 434 g/mol. The molecule has 2 N–H and O–H groups in total. The van der Waals surface area contributed by atoms with Crippen molar-refractivity contribution in [2.45, 2.75) is 11.3 Å². The number of imidazole rings is 1. The lowest BCUT2D eigenvalue weighted by atomic mass is 10.1. The molecule has 30 heavy (non-hydrogen) atoms. The summed E-state index contributed by atoms with van der Waals surface area (Å²) < 4.78 is 40.2. The highest BCUT2D eigenvalue weighted by Crippen LogP contribution is 2.30. The molecule has 0 saturated carbocycles. The number of thioether (sulfide) groups is 1. The number of aromatic nitrogens is 2. The number of hydrogen-bond donors (Lipinski definition) is 2. The number of aryl methyl sites for hydroxylation is 1. The van der Waals surface area contributed by atoms with Crippen LogP contribution in [0.15, 0.2) is 66.1 Å². The van der Waals surface area contributed by atoms with Gasteiger partial charge in [-0.1, -0.05) is 23.9 Å². The molecular formula is C20H17F3N4O2S. The van der Waals surface area contributed by atoms with E-state index in [1.807, 2.05) is 7.05 Å². The normalized spacial score (nSPS) is 11.2. The van der Waals surface area contributed by atoms with Gasteiger partial charge in [0.25, 0.3) is 5.91 Å². The molecule has 156 valence electrons. The Bertz CT molecular complexity index is 1070. The molecule has 2 amide bonds. The number of alkyl halides is 3. The zero-order valence-corrected chi connectivity index (χ0v) is 16.6. The van der Waals surface area contributed by atoms with Gasteiger partial charge in [0.15, 0.2) is 5.16 Å². The highest BCUT2D eigenvalue weighted by Gasteiger charge is 2.30. The topological polar surface area (TPSA) is 76.0 Å². The predicted octanol–water partition coefficient (Wildman–Crippen LogP) is 4.42. The van der Waals surface area contributed by atoms with Crippen LogP contribution in [0.1, 0.15) is 15.9 Å². The second-order valence-corrected chi connectivity index (χ2v) is 7.21. The Labute approximate surface area is 174 Å². The van der Waals surface area contributed by atoms with Crippen molar-refractivity contribution >= 4 is 35.0 Å². The summed E-state index contributed by atoms with van der Waals surface area (Å²) in [4.78, 5) is 28.7. The highest BCUT2D eigenvalue weighted by molar-refractivity contribution is 7.99. The van der Waals surface area contributed by atoms with E-state index in [2.05, 4.69) is 15.6 Å².